The summed E-state index contributed by atoms with van der Waals surface area (Å²) in [6, 6.07) is 13.8. The number of nitrogens with zero attached hydrogens (tertiary/aromatic N) is 2. The molecule has 2 nitrogen and oxygen atoms in total. The molecule has 52 heavy (non-hydrogen) atoms. The summed E-state index contributed by atoms with van der Waals surface area (Å²) in [6.45, 7) is 13.7. The van der Waals surface area contributed by atoms with Crippen LogP contribution in [0.25, 0.3) is 0 Å². The van der Waals surface area contributed by atoms with Crippen molar-refractivity contribution in [2.45, 2.75) is 228 Å². The second-order valence-corrected chi connectivity index (χ2v) is 15.4. The van der Waals surface area contributed by atoms with Crippen molar-refractivity contribution in [2.75, 3.05) is 0 Å². The molecule has 0 spiro atoms. The van der Waals surface area contributed by atoms with Gasteiger partial charge in [-0.2, -0.15) is 0 Å². The molecule has 298 valence electrons. The Bertz CT molecular complexity index is 1210. The van der Waals surface area contributed by atoms with E-state index in [0.717, 1.165) is 49.9 Å². The summed E-state index contributed by atoms with van der Waals surface area (Å²) < 4.78 is 0. The van der Waals surface area contributed by atoms with Crippen LogP contribution in [0.1, 0.15) is 224 Å². The second-order valence-electron chi connectivity index (χ2n) is 15.4. The largest absolute Gasteiger partial charge is 0.252 e. The van der Waals surface area contributed by atoms with E-state index in [1.807, 2.05) is 0 Å². The Labute approximate surface area is 334 Å². The average Bonchev–Trinajstić information content (AvgIpc) is 3.16. The molecule has 0 amide bonds. The van der Waals surface area contributed by atoms with E-state index in [1.165, 1.54) is 181 Å². The Kier molecular flexibility index (Phi) is 30.4. The van der Waals surface area contributed by atoms with Gasteiger partial charge in [0, 0.05) is 16.5 Å². The number of aryl methyl sites for hydroxylation is 4. The first-order chi connectivity index (χ1) is 25.1. The number of unbranched alkanes of at least 4 members (excludes halogenated alkanes) is 21. The van der Waals surface area contributed by atoms with E-state index < -0.39 is 0 Å². The summed E-state index contributed by atoms with van der Waals surface area (Å²) >= 11 is 0. The smallest absolute Gasteiger partial charge is 0.0636 e. The van der Waals surface area contributed by atoms with Crippen LogP contribution >= 0.6 is 0 Å². The molecule has 0 bridgehead atoms. The van der Waals surface area contributed by atoms with Crippen LogP contribution in [0.3, 0.4) is 0 Å². The van der Waals surface area contributed by atoms with Crippen LogP contribution < -0.4 is 0 Å². The van der Waals surface area contributed by atoms with Crippen molar-refractivity contribution in [1.82, 2.24) is 0 Å². The second kappa shape index (κ2) is 32.7. The number of hydrogen-bond donors (Lipinski definition) is 0. The summed E-state index contributed by atoms with van der Waals surface area (Å²) in [5.41, 5.74) is 10.5. The molecule has 2 aromatic rings. The van der Waals surface area contributed by atoms with Crippen LogP contribution in [0.2, 0.25) is 0 Å². The third-order valence-corrected chi connectivity index (χ3v) is 11.0. The van der Waals surface area contributed by atoms with Gasteiger partial charge in [0.15, 0.2) is 0 Å². The zero-order chi connectivity index (χ0) is 36.8. The molecule has 0 heterocycles. The van der Waals surface area contributed by atoms with Gasteiger partial charge in [-0.25, -0.2) is 0 Å². The van der Waals surface area contributed by atoms with Gasteiger partial charge in [-0.05, 0) is 97.9 Å². The minimum atomic E-state index is 0. The Morgan fingerprint density at radius 1 is 0.346 bits per heavy atom. The Hall–Kier alpha value is -1.73. The van der Waals surface area contributed by atoms with E-state index in [2.05, 4.69) is 77.9 Å². The molecule has 2 aromatic carbocycles. The predicted octanol–water partition coefficient (Wildman–Crippen LogP) is 16.6. The SMILES string of the molecule is CCCCCCCCCCCCCCCCCCCC(=Nc1ccc(CC)c(CC)c1)C(CCCCCCCC)=Nc1ccc(CC)c(CC)c1.[Ni]. The van der Waals surface area contributed by atoms with Gasteiger partial charge in [-0.15, -0.1) is 0 Å². The van der Waals surface area contributed by atoms with Crippen molar-refractivity contribution in [3.63, 3.8) is 0 Å². The maximum absolute atomic E-state index is 5.44. The molecular weight excluding hydrogens is 675 g/mol. The minimum absolute atomic E-state index is 0. The maximum atomic E-state index is 5.44. The summed E-state index contributed by atoms with van der Waals surface area (Å²) in [4.78, 5) is 10.9. The third kappa shape index (κ3) is 21.2. The molecular formula is C49H82N2Ni. The molecule has 0 saturated heterocycles. The quantitative estimate of drug-likeness (QED) is 0.0403. The van der Waals surface area contributed by atoms with Crippen molar-refractivity contribution in [3.8, 4) is 0 Å². The fraction of sp³-hybridized carbons (Fsp3) is 0.714. The molecule has 0 N–H and O–H groups in total. The van der Waals surface area contributed by atoms with Crippen LogP contribution in [0.5, 0.6) is 0 Å². The first-order valence-electron chi connectivity index (χ1n) is 22.5. The molecule has 0 saturated carbocycles. The van der Waals surface area contributed by atoms with Gasteiger partial charge in [0.2, 0.25) is 0 Å². The number of hydrogen-bond acceptors (Lipinski definition) is 2. The Morgan fingerprint density at radius 3 is 0.885 bits per heavy atom. The maximum Gasteiger partial charge on any atom is 0.0636 e. The fourth-order valence-electron chi connectivity index (χ4n) is 7.64. The summed E-state index contributed by atoms with van der Waals surface area (Å²) in [6.07, 6.45) is 38.0. The standard InChI is InChI=1S/C49H82N2.Ni/c1-7-13-15-17-19-20-21-22-23-24-25-26-27-28-29-31-33-35-49(51-47-39-37-43(10-4)45(12-6)41-47)48(34-32-30-18-16-14-8-2)50-46-38-36-42(9-3)44(11-5)40-46;/h36-41H,7-35H2,1-6H3;. The van der Waals surface area contributed by atoms with E-state index in [0.29, 0.717) is 0 Å². The number of aliphatic imine (C=N–C) groups is 2. The van der Waals surface area contributed by atoms with E-state index in [-0.39, 0.29) is 16.5 Å². The minimum Gasteiger partial charge on any atom is -0.252 e. The predicted molar refractivity (Wildman–Crippen MR) is 231 cm³/mol. The third-order valence-electron chi connectivity index (χ3n) is 11.0. The van der Waals surface area contributed by atoms with Gasteiger partial charge in [0.25, 0.3) is 0 Å². The number of rotatable bonds is 32. The monoisotopic (exact) mass is 757 g/mol. The van der Waals surface area contributed by atoms with Crippen LogP contribution in [0, 0.1) is 0 Å². The number of benzene rings is 2. The summed E-state index contributed by atoms with van der Waals surface area (Å²) in [7, 11) is 0. The van der Waals surface area contributed by atoms with Crippen molar-refractivity contribution >= 4 is 22.8 Å². The van der Waals surface area contributed by atoms with Gasteiger partial charge in [0.05, 0.1) is 22.8 Å². The van der Waals surface area contributed by atoms with Gasteiger partial charge in [-0.3, -0.25) is 9.98 Å². The van der Waals surface area contributed by atoms with E-state index >= 15 is 0 Å². The van der Waals surface area contributed by atoms with Crippen LogP contribution in [0.15, 0.2) is 46.4 Å². The van der Waals surface area contributed by atoms with Gasteiger partial charge in [-0.1, -0.05) is 189 Å². The van der Waals surface area contributed by atoms with E-state index in [4.69, 9.17) is 9.98 Å². The van der Waals surface area contributed by atoms with Gasteiger partial charge < -0.3 is 0 Å². The average molecular weight is 758 g/mol. The molecule has 0 unspecified atom stereocenters. The molecule has 0 aliphatic heterocycles. The van der Waals surface area contributed by atoms with Crippen LogP contribution in [-0.4, -0.2) is 11.4 Å². The van der Waals surface area contributed by atoms with Crippen LogP contribution in [0.4, 0.5) is 11.4 Å². The topological polar surface area (TPSA) is 24.7 Å². The fourth-order valence-corrected chi connectivity index (χ4v) is 7.64. The van der Waals surface area contributed by atoms with Gasteiger partial charge >= 0.3 is 0 Å². The molecule has 0 radical (unpaired) electrons. The molecule has 3 heteroatoms. The summed E-state index contributed by atoms with van der Waals surface area (Å²) in [5, 5.41) is 0. The van der Waals surface area contributed by atoms with Crippen molar-refractivity contribution < 1.29 is 16.5 Å². The normalized spacial score (nSPS) is 12.0. The molecule has 0 atom stereocenters. The zero-order valence-electron chi connectivity index (χ0n) is 35.2. The van der Waals surface area contributed by atoms with E-state index in [1.54, 1.807) is 0 Å². The molecule has 0 aliphatic rings. The van der Waals surface area contributed by atoms with Crippen molar-refractivity contribution in [2.24, 2.45) is 9.98 Å². The Morgan fingerprint density at radius 2 is 0.615 bits per heavy atom. The molecule has 2 rings (SSSR count). The first-order valence-corrected chi connectivity index (χ1v) is 22.5. The Balaban J connectivity index is 0.0000135. The first kappa shape index (κ1) is 48.3. The van der Waals surface area contributed by atoms with Crippen molar-refractivity contribution in [3.05, 3.63) is 58.7 Å². The zero-order valence-corrected chi connectivity index (χ0v) is 36.2. The molecule has 0 aliphatic carbocycles. The van der Waals surface area contributed by atoms with Gasteiger partial charge in [0.1, 0.15) is 0 Å². The molecule has 0 aromatic heterocycles. The van der Waals surface area contributed by atoms with Crippen LogP contribution in [-0.2, 0) is 42.2 Å². The summed E-state index contributed by atoms with van der Waals surface area (Å²) in [5.74, 6) is 0. The molecule has 0 fully saturated rings. The van der Waals surface area contributed by atoms with Crippen molar-refractivity contribution in [1.29, 1.82) is 0 Å². The van der Waals surface area contributed by atoms with E-state index in [9.17, 15) is 0 Å².